The quantitative estimate of drug-likeness (QED) is 0.911. The summed E-state index contributed by atoms with van der Waals surface area (Å²) in [5, 5.41) is 5.49. The smallest absolute Gasteiger partial charge is 0.228 e. The molecule has 2 aromatic rings. The molecule has 0 bridgehead atoms. The molecule has 120 valence electrons. The van der Waals surface area contributed by atoms with Crippen molar-refractivity contribution in [3.8, 4) is 0 Å². The fraction of sp³-hybridized carbons (Fsp3) is 0.294. The van der Waals surface area contributed by atoms with Gasteiger partial charge in [-0.2, -0.15) is 0 Å². The van der Waals surface area contributed by atoms with Crippen molar-refractivity contribution in [2.75, 3.05) is 5.32 Å². The van der Waals surface area contributed by atoms with E-state index in [9.17, 15) is 14.0 Å². The molecule has 0 unspecified atom stereocenters. The van der Waals surface area contributed by atoms with Crippen LogP contribution in [-0.2, 0) is 16.0 Å². The van der Waals surface area contributed by atoms with Gasteiger partial charge in [0, 0.05) is 24.6 Å². The first kappa shape index (κ1) is 15.3. The first-order valence-corrected chi connectivity index (χ1v) is 7.45. The van der Waals surface area contributed by atoms with Crippen LogP contribution < -0.4 is 10.6 Å². The molecule has 0 aliphatic carbocycles. The van der Waals surface area contributed by atoms with Crippen molar-refractivity contribution in [1.82, 2.24) is 5.32 Å². The van der Waals surface area contributed by atoms with E-state index in [-0.39, 0.29) is 24.3 Å². The van der Waals surface area contributed by atoms with Crippen molar-refractivity contribution < 1.29 is 18.4 Å². The van der Waals surface area contributed by atoms with Gasteiger partial charge < -0.3 is 15.1 Å². The molecule has 5 nitrogen and oxygen atoms in total. The number of nitrogens with one attached hydrogen (secondary N) is 2. The largest absolute Gasteiger partial charge is 0.469 e. The molecule has 0 fully saturated rings. The Kier molecular flexibility index (Phi) is 4.14. The van der Waals surface area contributed by atoms with Crippen LogP contribution in [0.1, 0.15) is 30.6 Å². The fourth-order valence-corrected chi connectivity index (χ4v) is 2.80. The maximum absolute atomic E-state index is 13.3. The average molecular weight is 316 g/mol. The summed E-state index contributed by atoms with van der Waals surface area (Å²) in [5.74, 6) is -0.815. The molecule has 0 saturated heterocycles. The Balaban J connectivity index is 1.73. The number of carbonyl (C=O) groups is 2. The van der Waals surface area contributed by atoms with Gasteiger partial charge in [0.25, 0.3) is 0 Å². The van der Waals surface area contributed by atoms with Gasteiger partial charge in [0.2, 0.25) is 11.8 Å². The van der Waals surface area contributed by atoms with E-state index in [1.807, 2.05) is 13.0 Å². The Hall–Kier alpha value is -2.63. The molecule has 1 aromatic carbocycles. The minimum Gasteiger partial charge on any atom is -0.469 e. The third-order valence-electron chi connectivity index (χ3n) is 3.85. The highest BCUT2D eigenvalue weighted by atomic mass is 19.1. The van der Waals surface area contributed by atoms with E-state index < -0.39 is 11.7 Å². The van der Waals surface area contributed by atoms with Crippen molar-refractivity contribution in [1.29, 1.82) is 0 Å². The molecule has 0 spiro atoms. The highest BCUT2D eigenvalue weighted by molar-refractivity contribution is 6.01. The predicted molar refractivity (Wildman–Crippen MR) is 82.4 cm³/mol. The van der Waals surface area contributed by atoms with Gasteiger partial charge in [-0.15, -0.1) is 0 Å². The summed E-state index contributed by atoms with van der Waals surface area (Å²) in [6.07, 6.45) is 2.20. The van der Waals surface area contributed by atoms with Gasteiger partial charge in [-0.1, -0.05) is 6.07 Å². The second-order valence-electron chi connectivity index (χ2n) is 5.73. The number of rotatable bonds is 4. The normalized spacial score (nSPS) is 18.0. The van der Waals surface area contributed by atoms with Crippen molar-refractivity contribution in [2.45, 2.75) is 31.7 Å². The van der Waals surface area contributed by atoms with Crippen LogP contribution in [0.3, 0.4) is 0 Å². The number of anilines is 1. The second kappa shape index (κ2) is 6.24. The topological polar surface area (TPSA) is 71.3 Å². The molecule has 1 aliphatic rings. The van der Waals surface area contributed by atoms with E-state index >= 15 is 0 Å². The summed E-state index contributed by atoms with van der Waals surface area (Å²) < 4.78 is 18.6. The summed E-state index contributed by atoms with van der Waals surface area (Å²) in [6, 6.07) is 7.57. The monoisotopic (exact) mass is 316 g/mol. The minimum absolute atomic E-state index is 0.0535. The van der Waals surface area contributed by atoms with Gasteiger partial charge in [0.15, 0.2) is 0 Å². The molecule has 0 radical (unpaired) electrons. The maximum atomic E-state index is 13.3. The van der Waals surface area contributed by atoms with Gasteiger partial charge in [0.1, 0.15) is 11.6 Å². The van der Waals surface area contributed by atoms with Crippen molar-refractivity contribution in [2.24, 2.45) is 0 Å². The standard InChI is InChI=1S/C17H17FN2O3/c1-10(7-12-3-2-6-23-12)19-17(22)14-9-16(21)20-15-8-11(18)4-5-13(14)15/h2-6,8,10,14H,7,9H2,1H3,(H,19,22)(H,20,21)/t10-,14+/m0/s1. The zero-order valence-electron chi connectivity index (χ0n) is 12.6. The number of fused-ring (bicyclic) bond motifs is 1. The molecule has 2 atom stereocenters. The van der Waals surface area contributed by atoms with E-state index in [2.05, 4.69) is 10.6 Å². The molecule has 2 N–H and O–H groups in total. The van der Waals surface area contributed by atoms with Gasteiger partial charge in [0.05, 0.1) is 12.2 Å². The number of furan rings is 1. The minimum atomic E-state index is -0.613. The fourth-order valence-electron chi connectivity index (χ4n) is 2.80. The van der Waals surface area contributed by atoms with Crippen LogP contribution in [0.2, 0.25) is 0 Å². The lowest BCUT2D eigenvalue weighted by Crippen LogP contribution is -2.40. The Bertz CT molecular complexity index is 727. The number of carbonyl (C=O) groups excluding carboxylic acids is 2. The summed E-state index contributed by atoms with van der Waals surface area (Å²) >= 11 is 0. The second-order valence-corrected chi connectivity index (χ2v) is 5.73. The highest BCUT2D eigenvalue weighted by Gasteiger charge is 2.31. The summed E-state index contributed by atoms with van der Waals surface area (Å²) in [6.45, 7) is 1.87. The molecule has 3 rings (SSSR count). The zero-order valence-corrected chi connectivity index (χ0v) is 12.6. The molecule has 2 heterocycles. The Morgan fingerprint density at radius 1 is 1.48 bits per heavy atom. The lowest BCUT2D eigenvalue weighted by molar-refractivity contribution is -0.126. The van der Waals surface area contributed by atoms with E-state index in [1.54, 1.807) is 18.4 Å². The van der Waals surface area contributed by atoms with Crippen LogP contribution in [0.4, 0.5) is 10.1 Å². The summed E-state index contributed by atoms with van der Waals surface area (Å²) in [7, 11) is 0. The molecular weight excluding hydrogens is 299 g/mol. The third kappa shape index (κ3) is 3.41. The van der Waals surface area contributed by atoms with Crippen LogP contribution >= 0.6 is 0 Å². The lowest BCUT2D eigenvalue weighted by atomic mass is 9.89. The molecule has 6 heteroatoms. The van der Waals surface area contributed by atoms with Gasteiger partial charge in [-0.05, 0) is 36.8 Å². The van der Waals surface area contributed by atoms with E-state index in [0.29, 0.717) is 17.7 Å². The van der Waals surface area contributed by atoms with Crippen molar-refractivity contribution >= 4 is 17.5 Å². The molecule has 23 heavy (non-hydrogen) atoms. The number of hydrogen-bond acceptors (Lipinski definition) is 3. The van der Waals surface area contributed by atoms with Crippen molar-refractivity contribution in [3.05, 3.63) is 53.7 Å². The number of hydrogen-bond donors (Lipinski definition) is 2. The number of benzene rings is 1. The van der Waals surface area contributed by atoms with Crippen LogP contribution in [0.15, 0.2) is 41.0 Å². The molecule has 1 aliphatic heterocycles. The van der Waals surface area contributed by atoms with Gasteiger partial charge >= 0.3 is 0 Å². The Morgan fingerprint density at radius 3 is 3.04 bits per heavy atom. The first-order chi connectivity index (χ1) is 11.0. The van der Waals surface area contributed by atoms with E-state index in [4.69, 9.17) is 4.42 Å². The summed E-state index contributed by atoms with van der Waals surface area (Å²) in [5.41, 5.74) is 0.994. The molecule has 2 amide bonds. The molecular formula is C17H17FN2O3. The number of halogens is 1. The molecule has 1 aromatic heterocycles. The number of amides is 2. The van der Waals surface area contributed by atoms with E-state index in [1.165, 1.54) is 12.1 Å². The Labute approximate surface area is 132 Å². The van der Waals surface area contributed by atoms with Crippen LogP contribution in [0.25, 0.3) is 0 Å². The summed E-state index contributed by atoms with van der Waals surface area (Å²) in [4.78, 5) is 24.3. The lowest BCUT2D eigenvalue weighted by Gasteiger charge is -2.26. The van der Waals surface area contributed by atoms with Crippen LogP contribution in [0, 0.1) is 5.82 Å². The average Bonchev–Trinajstić information content (AvgIpc) is 2.98. The first-order valence-electron chi connectivity index (χ1n) is 7.45. The van der Waals surface area contributed by atoms with Gasteiger partial charge in [-0.3, -0.25) is 9.59 Å². The SMILES string of the molecule is C[C@@H](Cc1ccco1)NC(=O)[C@@H]1CC(=O)Nc2cc(F)ccc21. The van der Waals surface area contributed by atoms with Crippen LogP contribution in [-0.4, -0.2) is 17.9 Å². The molecule has 0 saturated carbocycles. The van der Waals surface area contributed by atoms with E-state index in [0.717, 1.165) is 5.76 Å². The zero-order chi connectivity index (χ0) is 16.4. The predicted octanol–water partition coefficient (Wildman–Crippen LogP) is 2.59. The third-order valence-corrected chi connectivity index (χ3v) is 3.85. The maximum Gasteiger partial charge on any atom is 0.228 e. The Morgan fingerprint density at radius 2 is 2.30 bits per heavy atom. The van der Waals surface area contributed by atoms with Gasteiger partial charge in [-0.25, -0.2) is 4.39 Å². The van der Waals surface area contributed by atoms with Crippen molar-refractivity contribution in [3.63, 3.8) is 0 Å². The van der Waals surface area contributed by atoms with Crippen LogP contribution in [0.5, 0.6) is 0 Å². The highest BCUT2D eigenvalue weighted by Crippen LogP contribution is 2.32.